The Kier molecular flexibility index (Phi) is 8.47. The minimum Gasteiger partial charge on any atom is -0.493 e. The van der Waals surface area contributed by atoms with Crippen molar-refractivity contribution in [2.24, 2.45) is 0 Å². The number of fused-ring (bicyclic) bond motifs is 1. The molecule has 0 saturated carbocycles. The molecule has 1 saturated heterocycles. The first-order valence-corrected chi connectivity index (χ1v) is 10.9. The molecule has 2 aromatic rings. The molecule has 4 rings (SSSR count). The Morgan fingerprint density at radius 1 is 0.970 bits per heavy atom. The van der Waals surface area contributed by atoms with Crippen LogP contribution in [0.2, 0.25) is 0 Å². The first-order valence-electron chi connectivity index (χ1n) is 10.9. The molecule has 7 nitrogen and oxygen atoms in total. The molecule has 0 aromatic heterocycles. The molecule has 0 radical (unpaired) electrons. The fraction of sp³-hybridized carbons (Fsp3) is 0.400. The Labute approximate surface area is 200 Å². The summed E-state index contributed by atoms with van der Waals surface area (Å²) < 4.78 is 27.9. The average molecular weight is 476 g/mol. The minimum absolute atomic E-state index is 0. The van der Waals surface area contributed by atoms with Crippen molar-refractivity contribution in [1.29, 1.82) is 0 Å². The SMILES string of the molecule is COc1cc(/C=C2\Oc3cc(OCCN4CCCCC4)ccc3C2=O)cc(OC)c1OC.Cl. The summed E-state index contributed by atoms with van der Waals surface area (Å²) >= 11 is 0. The molecule has 2 aromatic carbocycles. The number of hydrogen-bond acceptors (Lipinski definition) is 7. The quantitative estimate of drug-likeness (QED) is 0.516. The number of Topliss-reactive ketones (excluding diaryl/α,β-unsaturated/α-hetero) is 1. The summed E-state index contributed by atoms with van der Waals surface area (Å²) in [6.45, 7) is 3.80. The predicted octanol–water partition coefficient (Wildman–Crippen LogP) is 4.62. The highest BCUT2D eigenvalue weighted by molar-refractivity contribution is 6.14. The van der Waals surface area contributed by atoms with Crippen LogP contribution >= 0.6 is 12.4 Å². The van der Waals surface area contributed by atoms with Crippen molar-refractivity contribution in [3.8, 4) is 28.7 Å². The molecule has 0 unspecified atom stereocenters. The van der Waals surface area contributed by atoms with Gasteiger partial charge in [0.2, 0.25) is 11.5 Å². The topological polar surface area (TPSA) is 66.5 Å². The maximum Gasteiger partial charge on any atom is 0.231 e. The van der Waals surface area contributed by atoms with Gasteiger partial charge in [-0.3, -0.25) is 9.69 Å². The lowest BCUT2D eigenvalue weighted by molar-refractivity contribution is 0.101. The second-order valence-corrected chi connectivity index (χ2v) is 7.81. The number of hydrogen-bond donors (Lipinski definition) is 0. The molecule has 8 heteroatoms. The van der Waals surface area contributed by atoms with E-state index < -0.39 is 0 Å². The van der Waals surface area contributed by atoms with E-state index in [2.05, 4.69) is 4.90 Å². The summed E-state index contributed by atoms with van der Waals surface area (Å²) in [6.07, 6.45) is 5.51. The third kappa shape index (κ3) is 5.54. The van der Waals surface area contributed by atoms with E-state index in [9.17, 15) is 4.79 Å². The zero-order chi connectivity index (χ0) is 22.5. The van der Waals surface area contributed by atoms with Gasteiger partial charge in [-0.25, -0.2) is 0 Å². The molecule has 0 atom stereocenters. The number of halogens is 1. The van der Waals surface area contributed by atoms with E-state index in [0.717, 1.165) is 19.6 Å². The van der Waals surface area contributed by atoms with Crippen molar-refractivity contribution >= 4 is 24.3 Å². The van der Waals surface area contributed by atoms with Crippen LogP contribution in [0.4, 0.5) is 0 Å². The number of ether oxygens (including phenoxy) is 5. The molecular formula is C25H30ClNO6. The molecule has 0 amide bonds. The van der Waals surface area contributed by atoms with Crippen molar-refractivity contribution < 1.29 is 28.5 Å². The van der Waals surface area contributed by atoms with Crippen LogP contribution in [0.5, 0.6) is 28.7 Å². The molecule has 2 heterocycles. The van der Waals surface area contributed by atoms with E-state index in [1.54, 1.807) is 51.7 Å². The molecule has 33 heavy (non-hydrogen) atoms. The largest absolute Gasteiger partial charge is 0.493 e. The van der Waals surface area contributed by atoms with Crippen molar-refractivity contribution in [3.63, 3.8) is 0 Å². The molecule has 0 bridgehead atoms. The number of methoxy groups -OCH3 is 3. The lowest BCUT2D eigenvalue weighted by Gasteiger charge is -2.26. The number of carbonyl (C=O) groups excluding carboxylic acids is 1. The Hall–Kier alpha value is -2.90. The number of carbonyl (C=O) groups is 1. The Bertz CT molecular complexity index is 991. The van der Waals surface area contributed by atoms with Crippen LogP contribution in [0.1, 0.15) is 35.2 Å². The zero-order valence-corrected chi connectivity index (χ0v) is 20.0. The van der Waals surface area contributed by atoms with Gasteiger partial charge < -0.3 is 23.7 Å². The molecule has 2 aliphatic rings. The van der Waals surface area contributed by atoms with Gasteiger partial charge in [0, 0.05) is 12.6 Å². The summed E-state index contributed by atoms with van der Waals surface area (Å²) in [7, 11) is 4.65. The monoisotopic (exact) mass is 475 g/mol. The number of allylic oxidation sites excluding steroid dienone is 1. The van der Waals surface area contributed by atoms with Gasteiger partial charge in [0.25, 0.3) is 0 Å². The number of nitrogens with zero attached hydrogens (tertiary/aromatic N) is 1. The van der Waals surface area contributed by atoms with Crippen molar-refractivity contribution in [2.45, 2.75) is 19.3 Å². The number of piperidine rings is 1. The van der Waals surface area contributed by atoms with Crippen LogP contribution in [-0.4, -0.2) is 58.3 Å². The van der Waals surface area contributed by atoms with Gasteiger partial charge in [0.05, 0.1) is 26.9 Å². The highest BCUT2D eigenvalue weighted by Crippen LogP contribution is 2.40. The van der Waals surface area contributed by atoms with Crippen molar-refractivity contribution in [3.05, 3.63) is 47.2 Å². The molecular weight excluding hydrogens is 446 g/mol. The fourth-order valence-electron chi connectivity index (χ4n) is 4.07. The van der Waals surface area contributed by atoms with Crippen LogP contribution in [0.3, 0.4) is 0 Å². The summed E-state index contributed by atoms with van der Waals surface area (Å²) in [4.78, 5) is 15.3. The maximum atomic E-state index is 12.8. The van der Waals surface area contributed by atoms with Crippen molar-refractivity contribution in [2.75, 3.05) is 47.6 Å². The van der Waals surface area contributed by atoms with Crippen LogP contribution in [0, 0.1) is 0 Å². The summed E-state index contributed by atoms with van der Waals surface area (Å²) in [5, 5.41) is 0. The Balaban J connectivity index is 0.00000306. The highest BCUT2D eigenvalue weighted by atomic mass is 35.5. The first-order chi connectivity index (χ1) is 15.6. The van der Waals surface area contributed by atoms with Gasteiger partial charge in [-0.15, -0.1) is 12.4 Å². The average Bonchev–Trinajstić information content (AvgIpc) is 3.13. The van der Waals surface area contributed by atoms with E-state index in [1.165, 1.54) is 19.3 Å². The van der Waals surface area contributed by atoms with E-state index in [-0.39, 0.29) is 23.9 Å². The van der Waals surface area contributed by atoms with E-state index in [0.29, 0.717) is 46.5 Å². The van der Waals surface area contributed by atoms with Crippen molar-refractivity contribution in [1.82, 2.24) is 4.90 Å². The number of rotatable bonds is 8. The van der Waals surface area contributed by atoms with Gasteiger partial charge in [0.1, 0.15) is 18.1 Å². The van der Waals surface area contributed by atoms with Crippen LogP contribution in [0.25, 0.3) is 6.08 Å². The molecule has 0 N–H and O–H groups in total. The summed E-state index contributed by atoms with van der Waals surface area (Å²) in [5.41, 5.74) is 1.22. The van der Waals surface area contributed by atoms with E-state index in [1.807, 2.05) is 6.07 Å². The zero-order valence-electron chi connectivity index (χ0n) is 19.2. The van der Waals surface area contributed by atoms with Gasteiger partial charge in [0.15, 0.2) is 17.3 Å². The van der Waals surface area contributed by atoms with E-state index in [4.69, 9.17) is 23.7 Å². The normalized spacial score (nSPS) is 16.6. The number of benzene rings is 2. The van der Waals surface area contributed by atoms with Crippen LogP contribution < -0.4 is 23.7 Å². The number of likely N-dealkylation sites (tertiary alicyclic amines) is 1. The highest BCUT2D eigenvalue weighted by Gasteiger charge is 2.28. The first kappa shape index (κ1) is 24.7. The third-order valence-corrected chi connectivity index (χ3v) is 5.75. The molecule has 0 aliphatic carbocycles. The third-order valence-electron chi connectivity index (χ3n) is 5.75. The maximum absolute atomic E-state index is 12.8. The Morgan fingerprint density at radius 3 is 2.30 bits per heavy atom. The minimum atomic E-state index is -0.173. The fourth-order valence-corrected chi connectivity index (χ4v) is 4.07. The number of ketones is 1. The van der Waals surface area contributed by atoms with Gasteiger partial charge in [-0.2, -0.15) is 0 Å². The van der Waals surface area contributed by atoms with E-state index >= 15 is 0 Å². The lowest BCUT2D eigenvalue weighted by Crippen LogP contribution is -2.33. The molecule has 2 aliphatic heterocycles. The molecule has 178 valence electrons. The van der Waals surface area contributed by atoms with Crippen LogP contribution in [-0.2, 0) is 0 Å². The molecule has 0 spiro atoms. The second-order valence-electron chi connectivity index (χ2n) is 7.81. The smallest absolute Gasteiger partial charge is 0.231 e. The predicted molar refractivity (Wildman–Crippen MR) is 129 cm³/mol. The lowest BCUT2D eigenvalue weighted by atomic mass is 10.1. The summed E-state index contributed by atoms with van der Waals surface area (Å²) in [5.74, 6) is 2.77. The van der Waals surface area contributed by atoms with Crippen LogP contribution in [0.15, 0.2) is 36.1 Å². The summed E-state index contributed by atoms with van der Waals surface area (Å²) in [6, 6.07) is 8.88. The van der Waals surface area contributed by atoms with Gasteiger partial charge in [-0.05, 0) is 61.8 Å². The van der Waals surface area contributed by atoms with Gasteiger partial charge in [-0.1, -0.05) is 6.42 Å². The molecule has 1 fully saturated rings. The standard InChI is InChI=1S/C25H29NO6.ClH/c1-28-22-14-17(15-23(29-2)25(22)30-3)13-21-24(27)19-8-7-18(16-20(19)32-21)31-12-11-26-9-5-4-6-10-26;/h7-8,13-16H,4-6,9-12H2,1-3H3;1H/b21-13-;. The second kappa shape index (κ2) is 11.3. The van der Waals surface area contributed by atoms with Gasteiger partial charge >= 0.3 is 0 Å². The Morgan fingerprint density at radius 2 is 1.67 bits per heavy atom.